The Morgan fingerprint density at radius 2 is 1.61 bits per heavy atom. The SMILES string of the molecule is NS(=O)(=O)c1ccc(CCNC(=O)CCc2cccc(Oc3ccc(F)cc3)c2)cc1. The third kappa shape index (κ3) is 7.20. The van der Waals surface area contributed by atoms with Gasteiger partial charge >= 0.3 is 0 Å². The van der Waals surface area contributed by atoms with Gasteiger partial charge in [-0.2, -0.15) is 0 Å². The van der Waals surface area contributed by atoms with Gasteiger partial charge < -0.3 is 10.1 Å². The van der Waals surface area contributed by atoms with Crippen molar-refractivity contribution >= 4 is 15.9 Å². The molecule has 0 heterocycles. The molecule has 31 heavy (non-hydrogen) atoms. The quantitative estimate of drug-likeness (QED) is 0.529. The maximum Gasteiger partial charge on any atom is 0.238 e. The normalized spacial score (nSPS) is 11.2. The maximum atomic E-state index is 13.0. The van der Waals surface area contributed by atoms with Crippen molar-refractivity contribution < 1.29 is 22.3 Å². The van der Waals surface area contributed by atoms with E-state index >= 15 is 0 Å². The van der Waals surface area contributed by atoms with E-state index in [4.69, 9.17) is 9.88 Å². The highest BCUT2D eigenvalue weighted by Gasteiger charge is 2.07. The number of amides is 1. The van der Waals surface area contributed by atoms with Crippen LogP contribution in [0.5, 0.6) is 11.5 Å². The number of nitrogens with two attached hydrogens (primary N) is 1. The fourth-order valence-electron chi connectivity index (χ4n) is 2.94. The smallest absolute Gasteiger partial charge is 0.238 e. The molecule has 6 nitrogen and oxygen atoms in total. The van der Waals surface area contributed by atoms with E-state index in [0.29, 0.717) is 37.3 Å². The molecule has 1 amide bonds. The Balaban J connectivity index is 1.43. The van der Waals surface area contributed by atoms with E-state index in [1.165, 1.54) is 24.3 Å². The number of carbonyl (C=O) groups excluding carboxylic acids is 1. The summed E-state index contributed by atoms with van der Waals surface area (Å²) in [5, 5.41) is 7.93. The van der Waals surface area contributed by atoms with Crippen LogP contribution in [-0.4, -0.2) is 20.9 Å². The summed E-state index contributed by atoms with van der Waals surface area (Å²) >= 11 is 0. The number of hydrogen-bond donors (Lipinski definition) is 2. The number of primary sulfonamides is 1. The van der Waals surface area contributed by atoms with Crippen LogP contribution in [0.2, 0.25) is 0 Å². The van der Waals surface area contributed by atoms with E-state index in [-0.39, 0.29) is 16.6 Å². The molecule has 162 valence electrons. The summed E-state index contributed by atoms with van der Waals surface area (Å²) < 4.78 is 41.2. The molecule has 0 aromatic heterocycles. The third-order valence-corrected chi connectivity index (χ3v) is 5.51. The molecule has 0 radical (unpaired) electrons. The van der Waals surface area contributed by atoms with Gasteiger partial charge in [0.1, 0.15) is 17.3 Å². The van der Waals surface area contributed by atoms with Gasteiger partial charge in [-0.1, -0.05) is 24.3 Å². The molecule has 0 aliphatic heterocycles. The first kappa shape index (κ1) is 22.5. The van der Waals surface area contributed by atoms with E-state index in [2.05, 4.69) is 5.32 Å². The van der Waals surface area contributed by atoms with Crippen molar-refractivity contribution in [2.24, 2.45) is 5.14 Å². The van der Waals surface area contributed by atoms with Crippen LogP contribution in [-0.2, 0) is 27.7 Å². The van der Waals surface area contributed by atoms with Gasteiger partial charge in [0, 0.05) is 13.0 Å². The van der Waals surface area contributed by atoms with Gasteiger partial charge in [0.05, 0.1) is 4.90 Å². The van der Waals surface area contributed by atoms with E-state index in [1.54, 1.807) is 30.3 Å². The molecule has 3 rings (SSSR count). The lowest BCUT2D eigenvalue weighted by atomic mass is 10.1. The second-order valence-corrected chi connectivity index (χ2v) is 8.55. The van der Waals surface area contributed by atoms with Crippen molar-refractivity contribution in [2.75, 3.05) is 6.54 Å². The summed E-state index contributed by atoms with van der Waals surface area (Å²) in [6.07, 6.45) is 1.46. The Hall–Kier alpha value is -3.23. The van der Waals surface area contributed by atoms with Crippen LogP contribution in [0.3, 0.4) is 0 Å². The van der Waals surface area contributed by atoms with Crippen LogP contribution >= 0.6 is 0 Å². The highest BCUT2D eigenvalue weighted by Crippen LogP contribution is 2.23. The number of aryl methyl sites for hydroxylation is 1. The fourth-order valence-corrected chi connectivity index (χ4v) is 3.46. The molecule has 0 saturated heterocycles. The van der Waals surface area contributed by atoms with Crippen LogP contribution in [0.15, 0.2) is 77.7 Å². The van der Waals surface area contributed by atoms with E-state index < -0.39 is 10.0 Å². The lowest BCUT2D eigenvalue weighted by Crippen LogP contribution is -2.25. The highest BCUT2D eigenvalue weighted by atomic mass is 32.2. The molecule has 0 spiro atoms. The number of hydrogen-bond acceptors (Lipinski definition) is 4. The lowest BCUT2D eigenvalue weighted by molar-refractivity contribution is -0.121. The summed E-state index contributed by atoms with van der Waals surface area (Å²) in [6, 6.07) is 19.4. The van der Waals surface area contributed by atoms with Crippen molar-refractivity contribution in [3.8, 4) is 11.5 Å². The minimum absolute atomic E-state index is 0.0610. The van der Waals surface area contributed by atoms with E-state index in [1.807, 2.05) is 18.2 Å². The monoisotopic (exact) mass is 442 g/mol. The molecular formula is C23H23FN2O4S. The summed E-state index contributed by atoms with van der Waals surface area (Å²) in [4.78, 5) is 12.2. The zero-order valence-corrected chi connectivity index (χ0v) is 17.6. The average Bonchev–Trinajstić information content (AvgIpc) is 2.74. The highest BCUT2D eigenvalue weighted by molar-refractivity contribution is 7.89. The molecule has 0 aliphatic carbocycles. The molecule has 0 bridgehead atoms. The predicted octanol–water partition coefficient (Wildman–Crippen LogP) is 3.56. The van der Waals surface area contributed by atoms with Crippen LogP contribution in [0.25, 0.3) is 0 Å². The van der Waals surface area contributed by atoms with E-state index in [0.717, 1.165) is 11.1 Å². The Kier molecular flexibility index (Phi) is 7.38. The standard InChI is InChI=1S/C23H23FN2O4S/c24-19-7-9-20(10-8-19)30-21-3-1-2-18(16-21)6-13-23(27)26-15-14-17-4-11-22(12-5-17)31(25,28)29/h1-5,7-12,16H,6,13-15H2,(H,26,27)(H2,25,28,29). The summed E-state index contributed by atoms with van der Waals surface area (Å²) in [5.41, 5.74) is 1.85. The first-order chi connectivity index (χ1) is 14.8. The number of rotatable bonds is 9. The Labute approximate surface area is 180 Å². The minimum atomic E-state index is -3.70. The average molecular weight is 443 g/mol. The van der Waals surface area contributed by atoms with Crippen LogP contribution < -0.4 is 15.2 Å². The summed E-state index contributed by atoms with van der Waals surface area (Å²) in [7, 11) is -3.70. The van der Waals surface area contributed by atoms with Crippen molar-refractivity contribution in [3.05, 3.63) is 89.7 Å². The lowest BCUT2D eigenvalue weighted by Gasteiger charge is -2.09. The van der Waals surface area contributed by atoms with Gasteiger partial charge in [-0.25, -0.2) is 17.9 Å². The number of sulfonamides is 1. The summed E-state index contributed by atoms with van der Waals surface area (Å²) in [6.45, 7) is 0.446. The van der Waals surface area contributed by atoms with Crippen LogP contribution in [0.4, 0.5) is 4.39 Å². The van der Waals surface area contributed by atoms with Crippen molar-refractivity contribution in [3.63, 3.8) is 0 Å². The van der Waals surface area contributed by atoms with E-state index in [9.17, 15) is 17.6 Å². The first-order valence-corrected chi connectivity index (χ1v) is 11.2. The van der Waals surface area contributed by atoms with Gasteiger partial charge in [-0.05, 0) is 72.5 Å². The van der Waals surface area contributed by atoms with Crippen LogP contribution in [0.1, 0.15) is 17.5 Å². The van der Waals surface area contributed by atoms with Crippen LogP contribution in [0, 0.1) is 5.82 Å². The van der Waals surface area contributed by atoms with Gasteiger partial charge in [0.15, 0.2) is 0 Å². The molecule has 0 saturated carbocycles. The van der Waals surface area contributed by atoms with Gasteiger partial charge in [-0.3, -0.25) is 4.79 Å². The topological polar surface area (TPSA) is 98.5 Å². The summed E-state index contributed by atoms with van der Waals surface area (Å²) in [5.74, 6) is 0.750. The molecule has 3 N–H and O–H groups in total. The van der Waals surface area contributed by atoms with Gasteiger partial charge in [0.2, 0.25) is 15.9 Å². The van der Waals surface area contributed by atoms with Crippen molar-refractivity contribution in [1.82, 2.24) is 5.32 Å². The zero-order valence-electron chi connectivity index (χ0n) is 16.8. The molecule has 3 aromatic carbocycles. The van der Waals surface area contributed by atoms with Crippen molar-refractivity contribution in [1.29, 1.82) is 0 Å². The van der Waals surface area contributed by atoms with Gasteiger partial charge in [0.25, 0.3) is 0 Å². The minimum Gasteiger partial charge on any atom is -0.457 e. The largest absolute Gasteiger partial charge is 0.457 e. The second kappa shape index (κ2) is 10.2. The zero-order chi connectivity index (χ0) is 22.3. The molecule has 3 aromatic rings. The molecule has 0 unspecified atom stereocenters. The second-order valence-electron chi connectivity index (χ2n) is 6.99. The Morgan fingerprint density at radius 3 is 2.29 bits per heavy atom. The van der Waals surface area contributed by atoms with Crippen molar-refractivity contribution in [2.45, 2.75) is 24.2 Å². The Bertz CT molecular complexity index is 1130. The number of ether oxygens (including phenoxy) is 1. The third-order valence-electron chi connectivity index (χ3n) is 4.58. The molecule has 0 fully saturated rings. The first-order valence-electron chi connectivity index (χ1n) is 9.70. The fraction of sp³-hybridized carbons (Fsp3) is 0.174. The molecule has 0 atom stereocenters. The Morgan fingerprint density at radius 1 is 0.903 bits per heavy atom. The number of halogens is 1. The van der Waals surface area contributed by atoms with Gasteiger partial charge in [-0.15, -0.1) is 0 Å². The predicted molar refractivity (Wildman–Crippen MR) is 116 cm³/mol. The number of benzene rings is 3. The number of carbonyl (C=O) groups is 1. The maximum absolute atomic E-state index is 13.0. The number of nitrogens with one attached hydrogen (secondary N) is 1. The molecule has 0 aliphatic rings. The molecular weight excluding hydrogens is 419 g/mol. The molecule has 8 heteroatoms.